The molecule has 3 aromatic rings. The molecule has 122 valence electrons. The van der Waals surface area contributed by atoms with Crippen LogP contribution in [0.25, 0.3) is 10.9 Å². The molecule has 24 heavy (non-hydrogen) atoms. The van der Waals surface area contributed by atoms with Crippen molar-refractivity contribution in [3.8, 4) is 0 Å². The second kappa shape index (κ2) is 6.55. The standard InChI is InChI=1S/C17H13Cl2N3O2/c18-11-6-2-7-12(19)14(11)15(17(20)23)21-13-8-1-4-10-5-3-9-22(24)16(10)13/h1-9,15,21H,(H2,20,23). The summed E-state index contributed by atoms with van der Waals surface area (Å²) in [7, 11) is 0. The van der Waals surface area contributed by atoms with Gasteiger partial charge in [-0.2, -0.15) is 4.73 Å². The largest absolute Gasteiger partial charge is 0.618 e. The highest BCUT2D eigenvalue weighted by Gasteiger charge is 2.25. The Morgan fingerprint density at radius 3 is 2.38 bits per heavy atom. The number of pyridine rings is 1. The van der Waals surface area contributed by atoms with E-state index < -0.39 is 11.9 Å². The van der Waals surface area contributed by atoms with Crippen molar-refractivity contribution in [2.75, 3.05) is 5.32 Å². The number of hydrogen-bond donors (Lipinski definition) is 2. The first kappa shape index (κ1) is 16.4. The topological polar surface area (TPSA) is 82.1 Å². The van der Waals surface area contributed by atoms with Crippen LogP contribution >= 0.6 is 23.2 Å². The maximum absolute atomic E-state index is 12.1. The fourth-order valence-electron chi connectivity index (χ4n) is 2.59. The Morgan fingerprint density at radius 1 is 1.08 bits per heavy atom. The number of rotatable bonds is 4. The highest BCUT2D eigenvalue weighted by molar-refractivity contribution is 6.36. The van der Waals surface area contributed by atoms with Gasteiger partial charge in [-0.1, -0.05) is 35.3 Å². The van der Waals surface area contributed by atoms with Gasteiger partial charge >= 0.3 is 0 Å². The number of amides is 1. The number of nitrogens with zero attached hydrogens (tertiary/aromatic N) is 1. The van der Waals surface area contributed by atoms with Crippen molar-refractivity contribution in [2.24, 2.45) is 5.73 Å². The van der Waals surface area contributed by atoms with Crippen molar-refractivity contribution >= 4 is 45.7 Å². The van der Waals surface area contributed by atoms with Crippen LogP contribution in [0.3, 0.4) is 0 Å². The molecule has 5 nitrogen and oxygen atoms in total. The lowest BCUT2D eigenvalue weighted by atomic mass is 10.0. The molecule has 0 aliphatic heterocycles. The maximum atomic E-state index is 12.1. The first-order valence-corrected chi connectivity index (χ1v) is 7.85. The third-order valence-corrected chi connectivity index (χ3v) is 4.32. The fraction of sp³-hybridized carbons (Fsp3) is 0.0588. The average Bonchev–Trinajstić information content (AvgIpc) is 2.53. The number of fused-ring (bicyclic) bond motifs is 1. The Hall–Kier alpha value is -2.50. The van der Waals surface area contributed by atoms with Crippen molar-refractivity contribution in [2.45, 2.75) is 6.04 Å². The van der Waals surface area contributed by atoms with E-state index in [2.05, 4.69) is 5.32 Å². The Balaban J connectivity index is 2.13. The van der Waals surface area contributed by atoms with Crippen LogP contribution in [0.15, 0.2) is 54.7 Å². The van der Waals surface area contributed by atoms with Crippen LogP contribution in [-0.2, 0) is 4.79 Å². The van der Waals surface area contributed by atoms with Crippen LogP contribution in [-0.4, -0.2) is 5.91 Å². The summed E-state index contributed by atoms with van der Waals surface area (Å²) < 4.78 is 0.726. The number of halogens is 2. The zero-order valence-electron chi connectivity index (χ0n) is 12.4. The summed E-state index contributed by atoms with van der Waals surface area (Å²) in [4.78, 5) is 12.0. The van der Waals surface area contributed by atoms with Gasteiger partial charge in [-0.25, -0.2) is 0 Å². The summed E-state index contributed by atoms with van der Waals surface area (Å²) in [6, 6.07) is 12.7. The third-order valence-electron chi connectivity index (χ3n) is 3.66. The smallest absolute Gasteiger partial charge is 0.247 e. The second-order valence-electron chi connectivity index (χ2n) is 5.19. The Morgan fingerprint density at radius 2 is 1.71 bits per heavy atom. The van der Waals surface area contributed by atoms with Gasteiger partial charge in [-0.05, 0) is 30.3 Å². The van der Waals surface area contributed by atoms with Gasteiger partial charge in [0.1, 0.15) is 11.7 Å². The Labute approximate surface area is 148 Å². The van der Waals surface area contributed by atoms with Crippen molar-refractivity contribution in [3.05, 3.63) is 75.5 Å². The predicted molar refractivity (Wildman–Crippen MR) is 94.9 cm³/mol. The molecule has 7 heteroatoms. The molecule has 0 saturated heterocycles. The van der Waals surface area contributed by atoms with Crippen molar-refractivity contribution in [1.82, 2.24) is 0 Å². The molecule has 0 radical (unpaired) electrons. The summed E-state index contributed by atoms with van der Waals surface area (Å²) in [5, 5.41) is 16.5. The van der Waals surface area contributed by atoms with Crippen LogP contribution in [0.5, 0.6) is 0 Å². The van der Waals surface area contributed by atoms with Crippen LogP contribution in [0.4, 0.5) is 5.69 Å². The number of carbonyl (C=O) groups is 1. The fourth-order valence-corrected chi connectivity index (χ4v) is 3.20. The Kier molecular flexibility index (Phi) is 4.46. The summed E-state index contributed by atoms with van der Waals surface area (Å²) in [6.45, 7) is 0. The minimum absolute atomic E-state index is 0.314. The number of nitrogens with one attached hydrogen (secondary N) is 1. The van der Waals surface area contributed by atoms with E-state index >= 15 is 0 Å². The highest BCUT2D eigenvalue weighted by atomic mass is 35.5. The number of primary amides is 1. The second-order valence-corrected chi connectivity index (χ2v) is 6.01. The molecule has 0 spiro atoms. The van der Waals surface area contributed by atoms with Gasteiger partial charge in [0.2, 0.25) is 11.4 Å². The van der Waals surface area contributed by atoms with E-state index in [0.29, 0.717) is 26.8 Å². The maximum Gasteiger partial charge on any atom is 0.247 e. The van der Waals surface area contributed by atoms with Crippen LogP contribution in [0.1, 0.15) is 11.6 Å². The van der Waals surface area contributed by atoms with Crippen LogP contribution in [0, 0.1) is 5.21 Å². The molecule has 0 aliphatic rings. The normalized spacial score (nSPS) is 12.1. The molecule has 2 aromatic carbocycles. The monoisotopic (exact) mass is 361 g/mol. The first-order chi connectivity index (χ1) is 11.5. The molecule has 0 saturated carbocycles. The minimum atomic E-state index is -0.975. The van der Waals surface area contributed by atoms with Gasteiger partial charge in [0.25, 0.3) is 0 Å². The quantitative estimate of drug-likeness (QED) is 0.551. The lowest BCUT2D eigenvalue weighted by Crippen LogP contribution is -2.31. The van der Waals surface area contributed by atoms with Gasteiger partial charge in [0.15, 0.2) is 6.20 Å². The first-order valence-electron chi connectivity index (χ1n) is 7.09. The summed E-state index contributed by atoms with van der Waals surface area (Å²) in [5.74, 6) is -0.657. The SMILES string of the molecule is NC(=O)C(Nc1cccc2ccc[n+]([O-])c12)c1c(Cl)cccc1Cl. The average molecular weight is 362 g/mol. The number of para-hydroxylation sites is 1. The number of hydrogen-bond acceptors (Lipinski definition) is 3. The predicted octanol–water partition coefficient (Wildman–Crippen LogP) is 3.42. The van der Waals surface area contributed by atoms with E-state index in [1.54, 1.807) is 48.5 Å². The van der Waals surface area contributed by atoms with Crippen molar-refractivity contribution < 1.29 is 9.52 Å². The van der Waals surface area contributed by atoms with Gasteiger partial charge in [-0.3, -0.25) is 4.79 Å². The van der Waals surface area contributed by atoms with Crippen LogP contribution in [0.2, 0.25) is 10.0 Å². The molecular formula is C17H13Cl2N3O2. The number of aromatic nitrogens is 1. The molecule has 0 aliphatic carbocycles. The van der Waals surface area contributed by atoms with E-state index in [9.17, 15) is 10.0 Å². The summed E-state index contributed by atoms with van der Waals surface area (Å²) in [5.41, 5.74) is 6.77. The molecule has 1 amide bonds. The van der Waals surface area contributed by atoms with Crippen molar-refractivity contribution in [3.63, 3.8) is 0 Å². The van der Waals surface area contributed by atoms with Gasteiger partial charge in [0, 0.05) is 27.1 Å². The zero-order valence-corrected chi connectivity index (χ0v) is 13.9. The molecule has 1 heterocycles. The molecule has 3 N–H and O–H groups in total. The number of nitrogens with two attached hydrogens (primary N) is 1. The van der Waals surface area contributed by atoms with E-state index in [1.165, 1.54) is 6.20 Å². The van der Waals surface area contributed by atoms with Gasteiger partial charge < -0.3 is 16.3 Å². The molecule has 0 fully saturated rings. The van der Waals surface area contributed by atoms with Gasteiger partial charge in [0.05, 0.1) is 0 Å². The van der Waals surface area contributed by atoms with E-state index in [0.717, 1.165) is 10.1 Å². The summed E-state index contributed by atoms with van der Waals surface area (Å²) >= 11 is 12.4. The number of anilines is 1. The molecule has 1 atom stereocenters. The zero-order chi connectivity index (χ0) is 17.3. The molecule has 0 bridgehead atoms. The van der Waals surface area contributed by atoms with E-state index in [-0.39, 0.29) is 0 Å². The summed E-state index contributed by atoms with van der Waals surface area (Å²) in [6.07, 6.45) is 1.38. The lowest BCUT2D eigenvalue weighted by molar-refractivity contribution is -0.576. The van der Waals surface area contributed by atoms with E-state index in [1.807, 2.05) is 0 Å². The van der Waals surface area contributed by atoms with Crippen LogP contribution < -0.4 is 15.8 Å². The molecule has 1 aromatic heterocycles. The number of benzene rings is 2. The third kappa shape index (κ3) is 2.96. The van der Waals surface area contributed by atoms with E-state index in [4.69, 9.17) is 28.9 Å². The highest BCUT2D eigenvalue weighted by Crippen LogP contribution is 2.33. The molecule has 1 unspecified atom stereocenters. The van der Waals surface area contributed by atoms with Gasteiger partial charge in [-0.15, -0.1) is 0 Å². The molecular weight excluding hydrogens is 349 g/mol. The lowest BCUT2D eigenvalue weighted by Gasteiger charge is -2.20. The molecule has 3 rings (SSSR count). The minimum Gasteiger partial charge on any atom is -0.618 e. The van der Waals surface area contributed by atoms with Crippen molar-refractivity contribution in [1.29, 1.82) is 0 Å². The Bertz CT molecular complexity index is 905. The number of carbonyl (C=O) groups excluding carboxylic acids is 1.